The van der Waals surface area contributed by atoms with Gasteiger partial charge >= 0.3 is 6.18 Å². The molecule has 152 valence electrons. The summed E-state index contributed by atoms with van der Waals surface area (Å²) in [6.45, 7) is 1.37. The molecule has 0 spiro atoms. The molecule has 0 saturated carbocycles. The van der Waals surface area contributed by atoms with Crippen LogP contribution in [0.15, 0.2) is 48.5 Å². The number of rotatable bonds is 6. The first-order valence-corrected chi connectivity index (χ1v) is 9.90. The molecule has 6 nitrogen and oxygen atoms in total. The van der Waals surface area contributed by atoms with E-state index in [1.807, 2.05) is 0 Å². The zero-order valence-corrected chi connectivity index (χ0v) is 16.1. The van der Waals surface area contributed by atoms with Gasteiger partial charge in [0.15, 0.2) is 0 Å². The van der Waals surface area contributed by atoms with E-state index in [0.717, 1.165) is 34.8 Å². The molecule has 0 heterocycles. The maximum absolute atomic E-state index is 12.6. The van der Waals surface area contributed by atoms with Gasteiger partial charge in [-0.25, -0.2) is 8.42 Å². The highest BCUT2D eigenvalue weighted by Gasteiger charge is 2.31. The molecule has 2 aromatic rings. The van der Waals surface area contributed by atoms with Gasteiger partial charge in [0.2, 0.25) is 15.9 Å². The summed E-state index contributed by atoms with van der Waals surface area (Å²) in [5.41, 5.74) is -0.520. The molecule has 2 rings (SSSR count). The Hall–Kier alpha value is -2.75. The van der Waals surface area contributed by atoms with Crippen molar-refractivity contribution in [2.45, 2.75) is 19.1 Å². The molecule has 0 aromatic heterocycles. The summed E-state index contributed by atoms with van der Waals surface area (Å²) in [4.78, 5) is 12.5. The van der Waals surface area contributed by atoms with Crippen LogP contribution in [-0.2, 0) is 21.0 Å². The van der Waals surface area contributed by atoms with Crippen molar-refractivity contribution in [3.05, 3.63) is 54.1 Å². The lowest BCUT2D eigenvalue weighted by atomic mass is 10.2. The van der Waals surface area contributed by atoms with E-state index in [0.29, 0.717) is 5.75 Å². The molecular formula is C18H19F3N2O4S. The molecule has 1 atom stereocenters. The quantitative estimate of drug-likeness (QED) is 0.782. The van der Waals surface area contributed by atoms with Crippen molar-refractivity contribution in [1.29, 1.82) is 0 Å². The van der Waals surface area contributed by atoms with Crippen molar-refractivity contribution in [2.75, 3.05) is 23.0 Å². The molecule has 10 heteroatoms. The maximum atomic E-state index is 12.6. The number of nitrogens with zero attached hydrogens (tertiary/aromatic N) is 1. The zero-order chi connectivity index (χ0) is 21.1. The lowest BCUT2D eigenvalue weighted by molar-refractivity contribution is -0.137. The van der Waals surface area contributed by atoms with Gasteiger partial charge < -0.3 is 10.1 Å². The summed E-state index contributed by atoms with van der Waals surface area (Å²) in [5.74, 6) is -0.297. The van der Waals surface area contributed by atoms with Crippen molar-refractivity contribution in [1.82, 2.24) is 0 Å². The van der Waals surface area contributed by atoms with Crippen molar-refractivity contribution >= 4 is 27.3 Å². The highest BCUT2D eigenvalue weighted by Crippen LogP contribution is 2.30. The Labute approximate surface area is 161 Å². The van der Waals surface area contributed by atoms with Gasteiger partial charge in [-0.2, -0.15) is 13.2 Å². The second-order valence-corrected chi connectivity index (χ2v) is 7.86. The molecule has 0 bridgehead atoms. The Bertz CT molecular complexity index is 944. The van der Waals surface area contributed by atoms with Gasteiger partial charge in [0.25, 0.3) is 0 Å². The van der Waals surface area contributed by atoms with E-state index in [1.165, 1.54) is 26.2 Å². The van der Waals surface area contributed by atoms with E-state index in [4.69, 9.17) is 4.74 Å². The second-order valence-electron chi connectivity index (χ2n) is 6.00. The molecule has 0 fully saturated rings. The molecule has 1 unspecified atom stereocenters. The van der Waals surface area contributed by atoms with Gasteiger partial charge in [0.05, 0.1) is 24.6 Å². The number of carbonyl (C=O) groups is 1. The Morgan fingerprint density at radius 3 is 2.25 bits per heavy atom. The number of nitrogens with one attached hydrogen (secondary N) is 1. The van der Waals surface area contributed by atoms with Gasteiger partial charge in [0, 0.05) is 11.8 Å². The first-order valence-electron chi connectivity index (χ1n) is 8.05. The highest BCUT2D eigenvalue weighted by atomic mass is 32.2. The van der Waals surface area contributed by atoms with Crippen LogP contribution in [0.3, 0.4) is 0 Å². The van der Waals surface area contributed by atoms with Crippen LogP contribution in [0.4, 0.5) is 24.5 Å². The van der Waals surface area contributed by atoms with E-state index >= 15 is 0 Å². The van der Waals surface area contributed by atoms with E-state index in [-0.39, 0.29) is 11.4 Å². The third-order valence-electron chi connectivity index (χ3n) is 3.88. The van der Waals surface area contributed by atoms with Crippen LogP contribution in [0.2, 0.25) is 0 Å². The number of carbonyl (C=O) groups excluding carboxylic acids is 1. The third kappa shape index (κ3) is 5.16. The molecule has 2 aromatic carbocycles. The molecule has 28 heavy (non-hydrogen) atoms. The summed E-state index contributed by atoms with van der Waals surface area (Å²) in [7, 11) is -2.42. The summed E-state index contributed by atoms with van der Waals surface area (Å²) in [6.07, 6.45) is -3.54. The summed E-state index contributed by atoms with van der Waals surface area (Å²) in [6, 6.07) is 8.86. The summed E-state index contributed by atoms with van der Waals surface area (Å²) in [5, 5.41) is 2.43. The van der Waals surface area contributed by atoms with E-state index in [9.17, 15) is 26.4 Å². The van der Waals surface area contributed by atoms with Gasteiger partial charge in [-0.1, -0.05) is 6.07 Å². The summed E-state index contributed by atoms with van der Waals surface area (Å²) < 4.78 is 68.4. The fourth-order valence-electron chi connectivity index (χ4n) is 2.55. The van der Waals surface area contributed by atoms with Gasteiger partial charge in [0.1, 0.15) is 11.8 Å². The molecule has 0 aliphatic carbocycles. The number of methoxy groups -OCH3 is 1. The molecule has 1 amide bonds. The second kappa shape index (κ2) is 8.09. The Balaban J connectivity index is 2.27. The molecule has 0 aliphatic heterocycles. The van der Waals surface area contributed by atoms with Crippen LogP contribution < -0.4 is 14.4 Å². The number of amides is 1. The molecule has 1 N–H and O–H groups in total. The van der Waals surface area contributed by atoms with Gasteiger partial charge in [-0.3, -0.25) is 9.10 Å². The van der Waals surface area contributed by atoms with Gasteiger partial charge in [-0.05, 0) is 43.3 Å². The maximum Gasteiger partial charge on any atom is 0.416 e. The number of sulfonamides is 1. The van der Waals surface area contributed by atoms with Crippen molar-refractivity contribution in [2.24, 2.45) is 0 Å². The minimum Gasteiger partial charge on any atom is -0.497 e. The number of alkyl halides is 3. The van der Waals surface area contributed by atoms with Crippen molar-refractivity contribution < 1.29 is 31.1 Å². The van der Waals surface area contributed by atoms with E-state index in [1.54, 1.807) is 12.1 Å². The minimum absolute atomic E-state index is 0.115. The summed E-state index contributed by atoms with van der Waals surface area (Å²) >= 11 is 0. The van der Waals surface area contributed by atoms with E-state index < -0.39 is 33.7 Å². The fraction of sp³-hybridized carbons (Fsp3) is 0.278. The molecule has 0 saturated heterocycles. The largest absolute Gasteiger partial charge is 0.497 e. The minimum atomic E-state index is -4.49. The number of hydrogen-bond acceptors (Lipinski definition) is 4. The monoisotopic (exact) mass is 416 g/mol. The van der Waals surface area contributed by atoms with Gasteiger partial charge in [-0.15, -0.1) is 0 Å². The van der Waals surface area contributed by atoms with Crippen LogP contribution in [0, 0.1) is 0 Å². The third-order valence-corrected chi connectivity index (χ3v) is 5.12. The highest BCUT2D eigenvalue weighted by molar-refractivity contribution is 7.92. The fourth-order valence-corrected chi connectivity index (χ4v) is 3.71. The Morgan fingerprint density at radius 1 is 1.14 bits per heavy atom. The first kappa shape index (κ1) is 21.5. The Kier molecular flexibility index (Phi) is 6.23. The SMILES string of the molecule is COc1cccc(N(C(C)C(=O)Nc2ccc(C(F)(F)F)cc2)S(C)(=O)=O)c1. The zero-order valence-electron chi connectivity index (χ0n) is 15.3. The first-order chi connectivity index (χ1) is 12.9. The number of benzene rings is 2. The standard InChI is InChI=1S/C18H19F3N2O4S/c1-12(17(24)22-14-9-7-13(8-10-14)18(19,20)21)23(28(3,25)26)15-5-4-6-16(11-15)27-2/h4-12H,1-3H3,(H,22,24). The van der Waals surface area contributed by atoms with Crippen LogP contribution in [0.1, 0.15) is 12.5 Å². The normalized spacial score (nSPS) is 12.9. The van der Waals surface area contributed by atoms with Crippen LogP contribution in [0.5, 0.6) is 5.75 Å². The lowest BCUT2D eigenvalue weighted by Gasteiger charge is -2.28. The predicted octanol–water partition coefficient (Wildman–Crippen LogP) is 3.51. The number of ether oxygens (including phenoxy) is 1. The lowest BCUT2D eigenvalue weighted by Crippen LogP contribution is -2.45. The topological polar surface area (TPSA) is 75.7 Å². The smallest absolute Gasteiger partial charge is 0.416 e. The van der Waals surface area contributed by atoms with Crippen LogP contribution in [-0.4, -0.2) is 33.7 Å². The number of hydrogen-bond donors (Lipinski definition) is 1. The molecule has 0 aliphatic rings. The average molecular weight is 416 g/mol. The van der Waals surface area contributed by atoms with E-state index in [2.05, 4.69) is 5.32 Å². The number of halogens is 3. The number of anilines is 2. The Morgan fingerprint density at radius 2 is 1.75 bits per heavy atom. The molecule has 0 radical (unpaired) electrons. The van der Waals surface area contributed by atoms with Crippen molar-refractivity contribution in [3.8, 4) is 5.75 Å². The average Bonchev–Trinajstić information content (AvgIpc) is 2.60. The van der Waals surface area contributed by atoms with Crippen LogP contribution in [0.25, 0.3) is 0 Å². The predicted molar refractivity (Wildman–Crippen MR) is 99.9 cm³/mol. The van der Waals surface area contributed by atoms with Crippen molar-refractivity contribution in [3.63, 3.8) is 0 Å². The molecular weight excluding hydrogens is 397 g/mol. The van der Waals surface area contributed by atoms with Crippen LogP contribution >= 0.6 is 0 Å².